The van der Waals surface area contributed by atoms with Crippen LogP contribution in [0.2, 0.25) is 15.1 Å². The highest BCUT2D eigenvalue weighted by Gasteiger charge is 2.27. The third kappa shape index (κ3) is 4.13. The molecule has 1 aliphatic rings. The molecule has 3 heterocycles. The molecule has 1 aromatic carbocycles. The third-order valence-corrected chi connectivity index (χ3v) is 5.86. The van der Waals surface area contributed by atoms with E-state index in [4.69, 9.17) is 34.8 Å². The summed E-state index contributed by atoms with van der Waals surface area (Å²) in [4.78, 5) is 21.5. The molecular formula is C21H20Cl3N5O. The predicted octanol–water partition coefficient (Wildman–Crippen LogP) is 4.75. The standard InChI is InChI=1S/C21H20Cl3N5O/c1-2-19-17(13-26-29(19)16-5-3-4-14(22)10-16)21(30)28-8-6-27(7-9-28)20-18(24)11-15(23)12-25-20/h3-5,10-13H,2,6-9H2,1H3. The van der Waals surface area contributed by atoms with Gasteiger partial charge in [-0.05, 0) is 30.7 Å². The molecule has 0 spiro atoms. The number of rotatable bonds is 4. The summed E-state index contributed by atoms with van der Waals surface area (Å²) in [5.41, 5.74) is 2.33. The zero-order valence-electron chi connectivity index (χ0n) is 16.4. The molecule has 0 aliphatic carbocycles. The Morgan fingerprint density at radius 3 is 2.47 bits per heavy atom. The highest BCUT2D eigenvalue weighted by molar-refractivity contribution is 6.36. The van der Waals surface area contributed by atoms with E-state index in [0.29, 0.717) is 59.0 Å². The van der Waals surface area contributed by atoms with E-state index in [1.807, 2.05) is 36.1 Å². The Labute approximate surface area is 190 Å². The fraction of sp³-hybridized carbons (Fsp3) is 0.286. The van der Waals surface area contributed by atoms with E-state index >= 15 is 0 Å². The molecule has 0 N–H and O–H groups in total. The molecule has 4 rings (SSSR count). The van der Waals surface area contributed by atoms with Gasteiger partial charge in [0.2, 0.25) is 0 Å². The highest BCUT2D eigenvalue weighted by atomic mass is 35.5. The minimum atomic E-state index is -0.0186. The van der Waals surface area contributed by atoms with Crippen LogP contribution in [0.25, 0.3) is 5.69 Å². The molecule has 1 fully saturated rings. The molecule has 9 heteroatoms. The lowest BCUT2D eigenvalue weighted by Crippen LogP contribution is -2.49. The fourth-order valence-corrected chi connectivity index (χ4v) is 4.34. The van der Waals surface area contributed by atoms with Gasteiger partial charge in [-0.3, -0.25) is 4.79 Å². The average Bonchev–Trinajstić information content (AvgIpc) is 3.17. The number of pyridine rings is 1. The van der Waals surface area contributed by atoms with Crippen LogP contribution in [-0.4, -0.2) is 51.8 Å². The van der Waals surface area contributed by atoms with Crippen molar-refractivity contribution in [2.75, 3.05) is 31.1 Å². The van der Waals surface area contributed by atoms with Crippen molar-refractivity contribution < 1.29 is 4.79 Å². The number of aromatic nitrogens is 3. The van der Waals surface area contributed by atoms with E-state index in [0.717, 1.165) is 11.4 Å². The summed E-state index contributed by atoms with van der Waals surface area (Å²) in [7, 11) is 0. The number of hydrogen-bond donors (Lipinski definition) is 0. The summed E-state index contributed by atoms with van der Waals surface area (Å²) < 4.78 is 1.78. The fourth-order valence-electron chi connectivity index (χ4n) is 3.65. The van der Waals surface area contributed by atoms with Crippen molar-refractivity contribution in [1.29, 1.82) is 0 Å². The zero-order valence-corrected chi connectivity index (χ0v) is 18.6. The molecule has 0 saturated carbocycles. The number of carbonyl (C=O) groups is 1. The van der Waals surface area contributed by atoms with Gasteiger partial charge in [-0.2, -0.15) is 5.10 Å². The minimum absolute atomic E-state index is 0.0186. The number of anilines is 1. The number of benzene rings is 1. The maximum absolute atomic E-state index is 13.2. The summed E-state index contributed by atoms with van der Waals surface area (Å²) in [6.45, 7) is 4.45. The largest absolute Gasteiger partial charge is 0.352 e. The van der Waals surface area contributed by atoms with Gasteiger partial charge in [-0.1, -0.05) is 47.8 Å². The van der Waals surface area contributed by atoms with E-state index in [9.17, 15) is 4.79 Å². The Kier molecular flexibility index (Phi) is 6.18. The van der Waals surface area contributed by atoms with E-state index < -0.39 is 0 Å². The monoisotopic (exact) mass is 463 g/mol. The Bertz CT molecular complexity index is 1080. The quantitative estimate of drug-likeness (QED) is 0.559. The summed E-state index contributed by atoms with van der Waals surface area (Å²) in [5.74, 6) is 0.672. The Balaban J connectivity index is 1.51. The van der Waals surface area contributed by atoms with Crippen LogP contribution in [0.3, 0.4) is 0 Å². The van der Waals surface area contributed by atoms with Crippen LogP contribution in [0, 0.1) is 0 Å². The van der Waals surface area contributed by atoms with Crippen molar-refractivity contribution in [3.63, 3.8) is 0 Å². The molecule has 1 saturated heterocycles. The van der Waals surface area contributed by atoms with Gasteiger partial charge < -0.3 is 9.80 Å². The number of nitrogens with zero attached hydrogens (tertiary/aromatic N) is 5. The van der Waals surface area contributed by atoms with Crippen LogP contribution < -0.4 is 4.90 Å². The predicted molar refractivity (Wildman–Crippen MR) is 120 cm³/mol. The van der Waals surface area contributed by atoms with Crippen LogP contribution in [0.4, 0.5) is 5.82 Å². The molecule has 0 bridgehead atoms. The summed E-state index contributed by atoms with van der Waals surface area (Å²) in [6, 6.07) is 9.13. The van der Waals surface area contributed by atoms with Gasteiger partial charge in [0.05, 0.1) is 33.2 Å². The number of carbonyl (C=O) groups excluding carboxylic acids is 1. The first kappa shape index (κ1) is 21.0. The highest BCUT2D eigenvalue weighted by Crippen LogP contribution is 2.27. The van der Waals surface area contributed by atoms with E-state index in [2.05, 4.69) is 15.0 Å². The van der Waals surface area contributed by atoms with E-state index in [1.54, 1.807) is 23.1 Å². The van der Waals surface area contributed by atoms with Crippen LogP contribution in [0.1, 0.15) is 23.0 Å². The van der Waals surface area contributed by atoms with Crippen molar-refractivity contribution in [3.05, 3.63) is 69.1 Å². The second kappa shape index (κ2) is 8.84. The molecule has 6 nitrogen and oxygen atoms in total. The molecule has 0 unspecified atom stereocenters. The average molecular weight is 465 g/mol. The van der Waals surface area contributed by atoms with Gasteiger partial charge in [0.25, 0.3) is 5.91 Å². The second-order valence-corrected chi connectivity index (χ2v) is 8.27. The van der Waals surface area contributed by atoms with E-state index in [1.165, 1.54) is 0 Å². The number of amides is 1. The number of piperazine rings is 1. The van der Waals surface area contributed by atoms with Crippen molar-refractivity contribution >= 4 is 46.5 Å². The second-order valence-electron chi connectivity index (χ2n) is 6.99. The van der Waals surface area contributed by atoms with Gasteiger partial charge in [0.1, 0.15) is 5.82 Å². The van der Waals surface area contributed by atoms with Gasteiger partial charge in [0.15, 0.2) is 0 Å². The Morgan fingerprint density at radius 2 is 1.80 bits per heavy atom. The molecular weight excluding hydrogens is 445 g/mol. The van der Waals surface area contributed by atoms with Gasteiger partial charge >= 0.3 is 0 Å². The van der Waals surface area contributed by atoms with Crippen molar-refractivity contribution in [2.24, 2.45) is 0 Å². The normalized spacial score (nSPS) is 14.3. The first-order valence-electron chi connectivity index (χ1n) is 9.66. The van der Waals surface area contributed by atoms with Gasteiger partial charge in [0, 0.05) is 37.4 Å². The van der Waals surface area contributed by atoms with Crippen LogP contribution >= 0.6 is 34.8 Å². The maximum atomic E-state index is 13.2. The first-order chi connectivity index (χ1) is 14.5. The molecule has 0 radical (unpaired) electrons. The third-order valence-electron chi connectivity index (χ3n) is 5.14. The lowest BCUT2D eigenvalue weighted by molar-refractivity contribution is 0.0745. The van der Waals surface area contributed by atoms with E-state index in [-0.39, 0.29) is 5.91 Å². The molecule has 156 valence electrons. The van der Waals surface area contributed by atoms with Crippen molar-refractivity contribution in [2.45, 2.75) is 13.3 Å². The lowest BCUT2D eigenvalue weighted by atomic mass is 10.1. The SMILES string of the molecule is CCc1c(C(=O)N2CCN(c3ncc(Cl)cc3Cl)CC2)cnn1-c1cccc(Cl)c1. The molecule has 2 aromatic heterocycles. The molecule has 3 aromatic rings. The Hall–Kier alpha value is -2.28. The van der Waals surface area contributed by atoms with Crippen LogP contribution in [0.15, 0.2) is 42.7 Å². The van der Waals surface area contributed by atoms with Crippen molar-refractivity contribution in [3.8, 4) is 5.69 Å². The number of hydrogen-bond acceptors (Lipinski definition) is 4. The topological polar surface area (TPSA) is 54.3 Å². The summed E-state index contributed by atoms with van der Waals surface area (Å²) in [5, 5.41) is 6.10. The van der Waals surface area contributed by atoms with Crippen LogP contribution in [0.5, 0.6) is 0 Å². The molecule has 30 heavy (non-hydrogen) atoms. The molecule has 0 atom stereocenters. The molecule has 1 amide bonds. The lowest BCUT2D eigenvalue weighted by Gasteiger charge is -2.35. The Morgan fingerprint density at radius 1 is 1.03 bits per heavy atom. The minimum Gasteiger partial charge on any atom is -0.352 e. The smallest absolute Gasteiger partial charge is 0.257 e. The summed E-state index contributed by atoms with van der Waals surface area (Å²) in [6.07, 6.45) is 3.90. The van der Waals surface area contributed by atoms with Gasteiger partial charge in [-0.15, -0.1) is 0 Å². The number of halogens is 3. The van der Waals surface area contributed by atoms with Gasteiger partial charge in [-0.25, -0.2) is 9.67 Å². The maximum Gasteiger partial charge on any atom is 0.257 e. The summed E-state index contributed by atoms with van der Waals surface area (Å²) >= 11 is 18.3. The van der Waals surface area contributed by atoms with Crippen molar-refractivity contribution in [1.82, 2.24) is 19.7 Å². The van der Waals surface area contributed by atoms with Crippen LogP contribution in [-0.2, 0) is 6.42 Å². The first-order valence-corrected chi connectivity index (χ1v) is 10.8. The zero-order chi connectivity index (χ0) is 21.3. The molecule has 1 aliphatic heterocycles.